The number of nitrogens with zero attached hydrogens (tertiary/aromatic N) is 1. The van der Waals surface area contributed by atoms with Crippen molar-refractivity contribution in [1.82, 2.24) is 10.3 Å². The second-order valence-corrected chi connectivity index (χ2v) is 9.08. The predicted octanol–water partition coefficient (Wildman–Crippen LogP) is 6.02. The third kappa shape index (κ3) is 5.91. The summed E-state index contributed by atoms with van der Waals surface area (Å²) in [6, 6.07) is 16.8. The summed E-state index contributed by atoms with van der Waals surface area (Å²) in [7, 11) is 0. The Bertz CT molecular complexity index is 1130. The van der Waals surface area contributed by atoms with Gasteiger partial charge in [0, 0.05) is 15.3 Å². The van der Waals surface area contributed by atoms with Crippen LogP contribution in [0.25, 0.3) is 0 Å². The van der Waals surface area contributed by atoms with Gasteiger partial charge in [0.1, 0.15) is 23.2 Å². The van der Waals surface area contributed by atoms with E-state index in [4.69, 9.17) is 16.3 Å². The molecule has 0 fully saturated rings. The maximum Gasteiger partial charge on any atom is 0.226 e. The van der Waals surface area contributed by atoms with E-state index < -0.39 is 0 Å². The number of rotatable bonds is 8. The number of benzene rings is 2. The molecule has 0 aliphatic carbocycles. The van der Waals surface area contributed by atoms with E-state index in [0.29, 0.717) is 23.1 Å². The van der Waals surface area contributed by atoms with Crippen molar-refractivity contribution >= 4 is 40.2 Å². The van der Waals surface area contributed by atoms with Crippen molar-refractivity contribution < 1.29 is 13.9 Å². The third-order valence-corrected chi connectivity index (χ3v) is 6.51. The Morgan fingerprint density at radius 3 is 2.58 bits per heavy atom. The van der Waals surface area contributed by atoms with Gasteiger partial charge in [-0.25, -0.2) is 9.37 Å². The minimum atomic E-state index is -0.334. The number of thiophene rings is 1. The Kier molecular flexibility index (Phi) is 6.96. The summed E-state index contributed by atoms with van der Waals surface area (Å²) in [5.41, 5.74) is 1.51. The molecule has 1 amide bonds. The quantitative estimate of drug-likeness (QED) is 0.341. The van der Waals surface area contributed by atoms with Crippen LogP contribution in [0.15, 0.2) is 71.4 Å². The molecule has 158 valence electrons. The van der Waals surface area contributed by atoms with Gasteiger partial charge in [-0.1, -0.05) is 29.8 Å². The molecule has 0 saturated carbocycles. The first-order chi connectivity index (χ1) is 15.1. The number of nitrogens with one attached hydrogen (secondary N) is 1. The lowest BCUT2D eigenvalue weighted by Gasteiger charge is -2.18. The van der Waals surface area contributed by atoms with Crippen molar-refractivity contribution in [3.8, 4) is 5.75 Å². The number of amides is 1. The minimum absolute atomic E-state index is 0.153. The highest BCUT2D eigenvalue weighted by atomic mass is 35.5. The van der Waals surface area contributed by atoms with Crippen LogP contribution in [-0.4, -0.2) is 10.9 Å². The zero-order valence-corrected chi connectivity index (χ0v) is 18.6. The van der Waals surface area contributed by atoms with E-state index in [9.17, 15) is 9.18 Å². The molecule has 8 heteroatoms. The van der Waals surface area contributed by atoms with E-state index in [-0.39, 0.29) is 24.2 Å². The highest BCUT2D eigenvalue weighted by molar-refractivity contribution is 7.10. The highest BCUT2D eigenvalue weighted by Gasteiger charge is 2.19. The molecule has 0 aliphatic heterocycles. The molecule has 0 aliphatic rings. The van der Waals surface area contributed by atoms with E-state index in [1.807, 2.05) is 22.9 Å². The first-order valence-electron chi connectivity index (χ1n) is 9.47. The Labute approximate surface area is 192 Å². The highest BCUT2D eigenvalue weighted by Crippen LogP contribution is 2.26. The molecule has 2 aromatic carbocycles. The predicted molar refractivity (Wildman–Crippen MR) is 122 cm³/mol. The maximum absolute atomic E-state index is 13.3. The van der Waals surface area contributed by atoms with Crippen LogP contribution in [-0.2, 0) is 17.8 Å². The van der Waals surface area contributed by atoms with Crippen molar-refractivity contribution in [1.29, 1.82) is 0 Å². The average Bonchev–Trinajstić information content (AvgIpc) is 3.45. The molecule has 2 heterocycles. The van der Waals surface area contributed by atoms with Gasteiger partial charge >= 0.3 is 0 Å². The number of carbonyl (C=O) groups is 1. The molecule has 0 spiro atoms. The second-order valence-electron chi connectivity index (χ2n) is 6.72. The van der Waals surface area contributed by atoms with Crippen LogP contribution in [0.4, 0.5) is 4.39 Å². The van der Waals surface area contributed by atoms with Gasteiger partial charge in [0.05, 0.1) is 18.2 Å². The van der Waals surface area contributed by atoms with Crippen molar-refractivity contribution in [2.45, 2.75) is 19.1 Å². The molecule has 0 saturated heterocycles. The van der Waals surface area contributed by atoms with Crippen molar-refractivity contribution in [2.75, 3.05) is 0 Å². The van der Waals surface area contributed by atoms with Gasteiger partial charge in [0.2, 0.25) is 5.91 Å². The number of thiazole rings is 1. The fourth-order valence-electron chi connectivity index (χ4n) is 2.98. The molecule has 1 atom stereocenters. The van der Waals surface area contributed by atoms with Crippen LogP contribution in [0, 0.1) is 5.82 Å². The normalized spacial score (nSPS) is 11.8. The first kappa shape index (κ1) is 21.5. The van der Waals surface area contributed by atoms with E-state index in [0.717, 1.165) is 15.4 Å². The smallest absolute Gasteiger partial charge is 0.226 e. The lowest BCUT2D eigenvalue weighted by Crippen LogP contribution is -2.30. The molecule has 0 bridgehead atoms. The Hall–Kier alpha value is -2.74. The number of aromatic nitrogens is 1. The van der Waals surface area contributed by atoms with E-state index in [1.165, 1.54) is 23.5 Å². The topological polar surface area (TPSA) is 51.2 Å². The van der Waals surface area contributed by atoms with Crippen molar-refractivity contribution in [3.05, 3.63) is 103 Å². The lowest BCUT2D eigenvalue weighted by molar-refractivity contribution is -0.121. The van der Waals surface area contributed by atoms with E-state index >= 15 is 0 Å². The molecule has 4 nitrogen and oxygen atoms in total. The van der Waals surface area contributed by atoms with Gasteiger partial charge < -0.3 is 10.1 Å². The molecule has 31 heavy (non-hydrogen) atoms. The van der Waals surface area contributed by atoms with Crippen molar-refractivity contribution in [2.24, 2.45) is 0 Å². The standard InChI is InChI=1S/C23H18ClFN2O2S2/c24-16-5-9-19(10-6-16)29-13-22-26-18(14-31-22)12-21(28)27-23(20-2-1-11-30-20)15-3-7-17(25)8-4-15/h1-11,14,23H,12-13H2,(H,27,28). The van der Waals surface area contributed by atoms with E-state index in [1.54, 1.807) is 47.7 Å². The van der Waals surface area contributed by atoms with Crippen LogP contribution in [0.2, 0.25) is 5.02 Å². The molecule has 0 radical (unpaired) electrons. The van der Waals surface area contributed by atoms with Crippen LogP contribution in [0.1, 0.15) is 27.2 Å². The summed E-state index contributed by atoms with van der Waals surface area (Å²) >= 11 is 8.86. The fraction of sp³-hybridized carbons (Fsp3) is 0.130. The maximum atomic E-state index is 13.3. The Balaban J connectivity index is 1.38. The number of halogens is 2. The summed E-state index contributed by atoms with van der Waals surface area (Å²) in [4.78, 5) is 18.2. The molecular formula is C23H18ClFN2O2S2. The van der Waals surface area contributed by atoms with Gasteiger partial charge in [-0.3, -0.25) is 4.79 Å². The van der Waals surface area contributed by atoms with Gasteiger partial charge in [-0.15, -0.1) is 22.7 Å². The number of ether oxygens (including phenoxy) is 1. The summed E-state index contributed by atoms with van der Waals surface area (Å²) in [6.07, 6.45) is 0.153. The van der Waals surface area contributed by atoms with Crippen LogP contribution in [0.3, 0.4) is 0 Å². The number of carbonyl (C=O) groups excluding carboxylic acids is 1. The summed E-state index contributed by atoms with van der Waals surface area (Å²) < 4.78 is 19.0. The lowest BCUT2D eigenvalue weighted by atomic mass is 10.0. The zero-order valence-electron chi connectivity index (χ0n) is 16.3. The molecule has 1 N–H and O–H groups in total. The molecule has 4 aromatic rings. The van der Waals surface area contributed by atoms with Crippen LogP contribution < -0.4 is 10.1 Å². The van der Waals surface area contributed by atoms with Crippen LogP contribution >= 0.6 is 34.3 Å². The summed E-state index contributed by atoms with van der Waals surface area (Å²) in [6.45, 7) is 0.321. The second kappa shape index (κ2) is 10.0. The Morgan fingerprint density at radius 1 is 1.10 bits per heavy atom. The van der Waals surface area contributed by atoms with Gasteiger partial charge in [0.15, 0.2) is 0 Å². The van der Waals surface area contributed by atoms with Crippen molar-refractivity contribution in [3.63, 3.8) is 0 Å². The van der Waals surface area contributed by atoms with E-state index in [2.05, 4.69) is 10.3 Å². The number of hydrogen-bond acceptors (Lipinski definition) is 5. The average molecular weight is 473 g/mol. The molecule has 1 unspecified atom stereocenters. The first-order valence-corrected chi connectivity index (χ1v) is 11.6. The molecule has 4 rings (SSSR count). The fourth-order valence-corrected chi connectivity index (χ4v) is 4.61. The largest absolute Gasteiger partial charge is 0.486 e. The third-order valence-electron chi connectivity index (χ3n) is 4.45. The summed E-state index contributed by atoms with van der Waals surface area (Å²) in [5.74, 6) is 0.242. The zero-order chi connectivity index (χ0) is 21.6. The minimum Gasteiger partial charge on any atom is -0.486 e. The summed E-state index contributed by atoms with van der Waals surface area (Å²) in [5, 5.41) is 8.29. The number of hydrogen-bond donors (Lipinski definition) is 1. The van der Waals surface area contributed by atoms with Gasteiger partial charge in [-0.2, -0.15) is 0 Å². The Morgan fingerprint density at radius 2 is 1.87 bits per heavy atom. The van der Waals surface area contributed by atoms with Gasteiger partial charge in [-0.05, 0) is 53.4 Å². The van der Waals surface area contributed by atoms with Gasteiger partial charge in [0.25, 0.3) is 0 Å². The monoisotopic (exact) mass is 472 g/mol. The SMILES string of the molecule is O=C(Cc1csc(COc2ccc(Cl)cc2)n1)NC(c1ccc(F)cc1)c1cccs1. The molecule has 2 aromatic heterocycles. The van der Waals surface area contributed by atoms with Crippen LogP contribution in [0.5, 0.6) is 5.75 Å². The molecular weight excluding hydrogens is 455 g/mol.